The van der Waals surface area contributed by atoms with Crippen LogP contribution in [0.1, 0.15) is 44.5 Å². The van der Waals surface area contributed by atoms with Gasteiger partial charge in [-0.2, -0.15) is 0 Å². The maximum Gasteiger partial charge on any atom is 0.317 e. The van der Waals surface area contributed by atoms with Crippen molar-refractivity contribution in [2.45, 2.75) is 46.3 Å². The molecule has 9 heteroatoms. The van der Waals surface area contributed by atoms with Gasteiger partial charge in [0.15, 0.2) is 0 Å². The molecule has 1 aromatic rings. The molecule has 9 nitrogen and oxygen atoms in total. The molecule has 0 fully saturated rings. The second-order valence-corrected chi connectivity index (χ2v) is 8.37. The van der Waals surface area contributed by atoms with E-state index < -0.39 is 0 Å². The van der Waals surface area contributed by atoms with Gasteiger partial charge in [0.1, 0.15) is 12.4 Å². The third-order valence-electron chi connectivity index (χ3n) is 5.55. The Morgan fingerprint density at radius 2 is 1.97 bits per heavy atom. The van der Waals surface area contributed by atoms with Crippen LogP contribution in [-0.4, -0.2) is 80.2 Å². The number of carbonyl (C=O) groups is 3. The highest BCUT2D eigenvalue weighted by molar-refractivity contribution is 5.99. The van der Waals surface area contributed by atoms with Crippen molar-refractivity contribution < 1.29 is 23.9 Å². The minimum Gasteiger partial charge on any atom is -0.491 e. The molecule has 4 amide bonds. The monoisotopic (exact) mass is 448 g/mol. The molecule has 0 aliphatic carbocycles. The summed E-state index contributed by atoms with van der Waals surface area (Å²) in [5, 5.41) is 5.65. The quantitative estimate of drug-likeness (QED) is 0.737. The Morgan fingerprint density at radius 3 is 2.59 bits per heavy atom. The number of hydrogen-bond acceptors (Lipinski definition) is 5. The van der Waals surface area contributed by atoms with E-state index in [-0.39, 0.29) is 42.5 Å². The van der Waals surface area contributed by atoms with Crippen LogP contribution in [0.15, 0.2) is 18.2 Å². The second-order valence-electron chi connectivity index (χ2n) is 8.37. The first-order valence-electron chi connectivity index (χ1n) is 11.0. The largest absolute Gasteiger partial charge is 0.491 e. The first-order chi connectivity index (χ1) is 15.2. The molecule has 0 saturated heterocycles. The van der Waals surface area contributed by atoms with E-state index in [1.165, 1.54) is 6.92 Å². The summed E-state index contributed by atoms with van der Waals surface area (Å²) in [7, 11) is 3.32. The van der Waals surface area contributed by atoms with E-state index in [1.54, 1.807) is 42.2 Å². The molecular formula is C23H36N4O5. The number of nitrogens with one attached hydrogen (secondary N) is 2. The van der Waals surface area contributed by atoms with Gasteiger partial charge in [-0.15, -0.1) is 0 Å². The van der Waals surface area contributed by atoms with Crippen LogP contribution in [0.4, 0.5) is 10.5 Å². The summed E-state index contributed by atoms with van der Waals surface area (Å²) >= 11 is 0. The molecule has 0 bridgehead atoms. The molecule has 2 N–H and O–H groups in total. The number of nitrogens with zero attached hydrogens (tertiary/aromatic N) is 2. The molecule has 2 rings (SSSR count). The Balaban J connectivity index is 2.42. The molecule has 0 aromatic heterocycles. The lowest BCUT2D eigenvalue weighted by Crippen LogP contribution is -2.51. The van der Waals surface area contributed by atoms with Crippen molar-refractivity contribution in [2.75, 3.05) is 45.7 Å². The van der Waals surface area contributed by atoms with Crippen LogP contribution in [0.2, 0.25) is 0 Å². The number of rotatable bonds is 4. The van der Waals surface area contributed by atoms with Gasteiger partial charge in [0.25, 0.3) is 5.91 Å². The maximum atomic E-state index is 13.2. The van der Waals surface area contributed by atoms with E-state index in [2.05, 4.69) is 10.6 Å². The fourth-order valence-electron chi connectivity index (χ4n) is 3.67. The molecular weight excluding hydrogens is 412 g/mol. The number of amides is 4. The number of benzene rings is 1. The van der Waals surface area contributed by atoms with Gasteiger partial charge in [-0.3, -0.25) is 9.59 Å². The Morgan fingerprint density at radius 1 is 1.25 bits per heavy atom. The third kappa shape index (κ3) is 6.59. The molecule has 3 atom stereocenters. The van der Waals surface area contributed by atoms with Crippen LogP contribution >= 0.6 is 0 Å². The molecule has 0 spiro atoms. The second kappa shape index (κ2) is 11.7. The standard InChI is InChI=1S/C23H36N4O5/c1-7-10-24-23(30)27-12-15(2)21(31-6)13-26(5)22(29)19-11-18(25-17(4)28)8-9-20(19)32-14-16(27)3/h8-9,11,15-16,21H,7,10,12-14H2,1-6H3,(H,24,30)(H,25,28)/t15-,16-,21+/m0/s1. The van der Waals surface area contributed by atoms with Crippen LogP contribution in [0, 0.1) is 5.92 Å². The van der Waals surface area contributed by atoms with Gasteiger partial charge >= 0.3 is 6.03 Å². The van der Waals surface area contributed by atoms with Gasteiger partial charge in [-0.1, -0.05) is 13.8 Å². The van der Waals surface area contributed by atoms with E-state index in [0.717, 1.165) is 6.42 Å². The number of carbonyl (C=O) groups excluding carboxylic acids is 3. The summed E-state index contributed by atoms with van der Waals surface area (Å²) < 4.78 is 11.7. The lowest BCUT2D eigenvalue weighted by Gasteiger charge is -2.36. The molecule has 178 valence electrons. The molecule has 0 saturated carbocycles. The Hall–Kier alpha value is -2.81. The number of anilines is 1. The fourth-order valence-corrected chi connectivity index (χ4v) is 3.67. The van der Waals surface area contributed by atoms with Crippen LogP contribution in [0.3, 0.4) is 0 Å². The van der Waals surface area contributed by atoms with Gasteiger partial charge in [-0.05, 0) is 31.5 Å². The van der Waals surface area contributed by atoms with Crippen molar-refractivity contribution in [1.82, 2.24) is 15.1 Å². The first-order valence-corrected chi connectivity index (χ1v) is 11.0. The molecule has 1 aliphatic rings. The highest BCUT2D eigenvalue weighted by Crippen LogP contribution is 2.26. The van der Waals surface area contributed by atoms with Gasteiger partial charge < -0.3 is 29.9 Å². The molecule has 0 radical (unpaired) electrons. The SMILES string of the molecule is CCCNC(=O)N1C[C@H](C)[C@H](OC)CN(C)C(=O)c2cc(NC(C)=O)ccc2OC[C@@H]1C. The van der Waals surface area contributed by atoms with Gasteiger partial charge in [-0.25, -0.2) is 4.79 Å². The summed E-state index contributed by atoms with van der Waals surface area (Å²) in [5.41, 5.74) is 0.856. The minimum atomic E-state index is -0.264. The van der Waals surface area contributed by atoms with E-state index in [9.17, 15) is 14.4 Å². The van der Waals surface area contributed by atoms with Crippen LogP contribution in [0.25, 0.3) is 0 Å². The molecule has 1 aliphatic heterocycles. The molecule has 0 unspecified atom stereocenters. The smallest absolute Gasteiger partial charge is 0.317 e. The van der Waals surface area contributed by atoms with Gasteiger partial charge in [0, 0.05) is 52.3 Å². The average Bonchev–Trinajstić information content (AvgIpc) is 2.76. The number of likely N-dealkylation sites (N-methyl/N-ethyl adjacent to an activating group) is 1. The molecule has 32 heavy (non-hydrogen) atoms. The van der Waals surface area contributed by atoms with Crippen molar-refractivity contribution >= 4 is 23.5 Å². The Labute approximate surface area is 190 Å². The third-order valence-corrected chi connectivity index (χ3v) is 5.55. The van der Waals surface area contributed by atoms with Crippen LogP contribution in [0.5, 0.6) is 5.75 Å². The number of urea groups is 1. The number of hydrogen-bond donors (Lipinski definition) is 2. The number of fused-ring (bicyclic) bond motifs is 1. The summed E-state index contributed by atoms with van der Waals surface area (Å²) in [4.78, 5) is 40.9. The van der Waals surface area contributed by atoms with Crippen molar-refractivity contribution in [2.24, 2.45) is 5.92 Å². The lowest BCUT2D eigenvalue weighted by atomic mass is 10.0. The summed E-state index contributed by atoms with van der Waals surface area (Å²) in [6.45, 7) is 8.97. The highest BCUT2D eigenvalue weighted by Gasteiger charge is 2.30. The fraction of sp³-hybridized carbons (Fsp3) is 0.609. The summed E-state index contributed by atoms with van der Waals surface area (Å²) in [6.07, 6.45) is 0.581. The lowest BCUT2D eigenvalue weighted by molar-refractivity contribution is -0.114. The summed E-state index contributed by atoms with van der Waals surface area (Å²) in [5.74, 6) is -0.0725. The van der Waals surface area contributed by atoms with Crippen LogP contribution < -0.4 is 15.4 Å². The van der Waals surface area contributed by atoms with Crippen LogP contribution in [-0.2, 0) is 9.53 Å². The van der Waals surface area contributed by atoms with Crippen molar-refractivity contribution in [3.05, 3.63) is 23.8 Å². The normalized spacial score (nSPS) is 22.2. The van der Waals surface area contributed by atoms with E-state index >= 15 is 0 Å². The van der Waals surface area contributed by atoms with Crippen molar-refractivity contribution in [1.29, 1.82) is 0 Å². The highest BCUT2D eigenvalue weighted by atomic mass is 16.5. The number of ether oxygens (including phenoxy) is 2. The Kier molecular flexibility index (Phi) is 9.31. The zero-order chi connectivity index (χ0) is 23.8. The van der Waals surface area contributed by atoms with Gasteiger partial charge in [0.05, 0.1) is 17.7 Å². The zero-order valence-corrected chi connectivity index (χ0v) is 19.9. The van der Waals surface area contributed by atoms with Crippen molar-refractivity contribution in [3.8, 4) is 5.75 Å². The van der Waals surface area contributed by atoms with E-state index in [1.807, 2.05) is 20.8 Å². The maximum absolute atomic E-state index is 13.2. The topological polar surface area (TPSA) is 100 Å². The number of methoxy groups -OCH3 is 1. The zero-order valence-electron chi connectivity index (χ0n) is 19.9. The first kappa shape index (κ1) is 25.5. The van der Waals surface area contributed by atoms with E-state index in [4.69, 9.17) is 9.47 Å². The molecule has 1 aromatic carbocycles. The van der Waals surface area contributed by atoms with Gasteiger partial charge in [0.2, 0.25) is 5.91 Å². The predicted molar refractivity (Wildman–Crippen MR) is 123 cm³/mol. The predicted octanol–water partition coefficient (Wildman–Crippen LogP) is 2.57. The molecule has 1 heterocycles. The average molecular weight is 449 g/mol. The van der Waals surface area contributed by atoms with Crippen molar-refractivity contribution in [3.63, 3.8) is 0 Å². The Bertz CT molecular complexity index is 816. The minimum absolute atomic E-state index is 0.0188. The van der Waals surface area contributed by atoms with E-state index in [0.29, 0.717) is 36.6 Å². The summed E-state index contributed by atoms with van der Waals surface area (Å²) in [6, 6.07) is 4.59.